The number of carbonyl (C=O) groups excluding carboxylic acids is 1. The van der Waals surface area contributed by atoms with Gasteiger partial charge in [-0.05, 0) is 30.5 Å². The van der Waals surface area contributed by atoms with Crippen molar-refractivity contribution >= 4 is 5.78 Å². The van der Waals surface area contributed by atoms with Crippen LogP contribution in [0, 0.1) is 19.3 Å². The van der Waals surface area contributed by atoms with Gasteiger partial charge in [-0.2, -0.15) is 0 Å². The van der Waals surface area contributed by atoms with Crippen LogP contribution in [0.2, 0.25) is 0 Å². The molecule has 1 aromatic rings. The van der Waals surface area contributed by atoms with Crippen molar-refractivity contribution in [1.82, 2.24) is 0 Å². The SMILES string of the molecule is Cc1cccc(C)c1CC(=O)C(C)(C)C. The van der Waals surface area contributed by atoms with Crippen LogP contribution in [0.25, 0.3) is 0 Å². The first-order valence-electron chi connectivity index (χ1n) is 5.41. The van der Waals surface area contributed by atoms with E-state index in [1.54, 1.807) is 0 Å². The summed E-state index contributed by atoms with van der Waals surface area (Å²) >= 11 is 0. The molecule has 1 heteroatoms. The average Bonchev–Trinajstić information content (AvgIpc) is 2.09. The van der Waals surface area contributed by atoms with E-state index in [4.69, 9.17) is 0 Å². The minimum atomic E-state index is -0.241. The summed E-state index contributed by atoms with van der Waals surface area (Å²) in [7, 11) is 0. The predicted molar refractivity (Wildman–Crippen MR) is 64.1 cm³/mol. The molecule has 0 fully saturated rings. The van der Waals surface area contributed by atoms with E-state index in [9.17, 15) is 4.79 Å². The van der Waals surface area contributed by atoms with Crippen LogP contribution in [-0.2, 0) is 11.2 Å². The molecular weight excluding hydrogens is 184 g/mol. The predicted octanol–water partition coefficient (Wildman–Crippen LogP) is 3.46. The highest BCUT2D eigenvalue weighted by molar-refractivity contribution is 5.86. The van der Waals surface area contributed by atoms with Gasteiger partial charge in [-0.25, -0.2) is 0 Å². The van der Waals surface area contributed by atoms with Crippen molar-refractivity contribution in [3.63, 3.8) is 0 Å². The molecule has 1 aromatic carbocycles. The number of carbonyl (C=O) groups is 1. The molecule has 82 valence electrons. The Morgan fingerprint density at radius 1 is 1.13 bits per heavy atom. The third-order valence-electron chi connectivity index (χ3n) is 2.82. The highest BCUT2D eigenvalue weighted by atomic mass is 16.1. The zero-order valence-electron chi connectivity index (χ0n) is 10.3. The van der Waals surface area contributed by atoms with Gasteiger partial charge in [0, 0.05) is 11.8 Å². The van der Waals surface area contributed by atoms with E-state index in [0.717, 1.165) is 0 Å². The summed E-state index contributed by atoms with van der Waals surface area (Å²) in [6, 6.07) is 6.17. The molecular formula is C14H20O. The molecule has 0 saturated carbocycles. The Bertz CT molecular complexity index is 349. The maximum absolute atomic E-state index is 11.9. The average molecular weight is 204 g/mol. The highest BCUT2D eigenvalue weighted by Crippen LogP contribution is 2.21. The number of rotatable bonds is 2. The Balaban J connectivity index is 2.95. The third-order valence-corrected chi connectivity index (χ3v) is 2.82. The van der Waals surface area contributed by atoms with E-state index in [1.165, 1.54) is 16.7 Å². The Kier molecular flexibility index (Phi) is 3.33. The molecule has 0 aliphatic rings. The summed E-state index contributed by atoms with van der Waals surface area (Å²) in [5.74, 6) is 0.305. The second-order valence-corrected chi connectivity index (χ2v) is 5.22. The molecule has 0 aromatic heterocycles. The quantitative estimate of drug-likeness (QED) is 0.721. The summed E-state index contributed by atoms with van der Waals surface area (Å²) in [5.41, 5.74) is 3.38. The van der Waals surface area contributed by atoms with Crippen LogP contribution >= 0.6 is 0 Å². The molecule has 0 bridgehead atoms. The molecule has 1 nitrogen and oxygen atoms in total. The Morgan fingerprint density at radius 2 is 1.60 bits per heavy atom. The molecule has 0 heterocycles. The van der Waals surface area contributed by atoms with E-state index in [-0.39, 0.29) is 5.41 Å². The lowest BCUT2D eigenvalue weighted by atomic mass is 9.85. The zero-order chi connectivity index (χ0) is 11.6. The number of ketones is 1. The molecule has 0 unspecified atom stereocenters. The standard InChI is InChI=1S/C14H20O/c1-10-7-6-8-11(2)12(10)9-13(15)14(3,4)5/h6-8H,9H2,1-5H3. The minimum Gasteiger partial charge on any atom is -0.299 e. The van der Waals surface area contributed by atoms with Crippen LogP contribution in [-0.4, -0.2) is 5.78 Å². The van der Waals surface area contributed by atoms with Crippen molar-refractivity contribution in [3.05, 3.63) is 34.9 Å². The van der Waals surface area contributed by atoms with Crippen molar-refractivity contribution in [1.29, 1.82) is 0 Å². The third kappa shape index (κ3) is 2.92. The molecule has 0 atom stereocenters. The zero-order valence-corrected chi connectivity index (χ0v) is 10.3. The van der Waals surface area contributed by atoms with Gasteiger partial charge in [0.15, 0.2) is 0 Å². The summed E-state index contributed by atoms with van der Waals surface area (Å²) in [5, 5.41) is 0. The van der Waals surface area contributed by atoms with Crippen LogP contribution in [0.5, 0.6) is 0 Å². The number of Topliss-reactive ketones (excluding diaryl/α,β-unsaturated/α-hetero) is 1. The van der Waals surface area contributed by atoms with Gasteiger partial charge in [0.2, 0.25) is 0 Å². The Morgan fingerprint density at radius 3 is 2.00 bits per heavy atom. The molecule has 0 aliphatic heterocycles. The van der Waals surface area contributed by atoms with Crippen LogP contribution in [0.15, 0.2) is 18.2 Å². The van der Waals surface area contributed by atoms with E-state index < -0.39 is 0 Å². The van der Waals surface area contributed by atoms with Gasteiger partial charge < -0.3 is 0 Å². The van der Waals surface area contributed by atoms with Gasteiger partial charge in [0.25, 0.3) is 0 Å². The van der Waals surface area contributed by atoms with Gasteiger partial charge in [-0.3, -0.25) is 4.79 Å². The van der Waals surface area contributed by atoms with Gasteiger partial charge >= 0.3 is 0 Å². The number of hydrogen-bond donors (Lipinski definition) is 0. The normalized spacial score (nSPS) is 11.5. The van der Waals surface area contributed by atoms with Crippen molar-refractivity contribution in [3.8, 4) is 0 Å². The molecule has 0 saturated heterocycles. The maximum atomic E-state index is 11.9. The molecule has 0 spiro atoms. The second-order valence-electron chi connectivity index (χ2n) is 5.22. The lowest BCUT2D eigenvalue weighted by Crippen LogP contribution is -2.22. The fourth-order valence-corrected chi connectivity index (χ4v) is 1.55. The first-order chi connectivity index (χ1) is 6.82. The molecule has 0 aliphatic carbocycles. The Labute approximate surface area is 92.5 Å². The highest BCUT2D eigenvalue weighted by Gasteiger charge is 2.22. The van der Waals surface area contributed by atoms with E-state index in [2.05, 4.69) is 26.0 Å². The van der Waals surface area contributed by atoms with Gasteiger partial charge in [-0.1, -0.05) is 39.0 Å². The van der Waals surface area contributed by atoms with E-state index >= 15 is 0 Å². The molecule has 15 heavy (non-hydrogen) atoms. The van der Waals surface area contributed by atoms with Crippen LogP contribution in [0.1, 0.15) is 37.5 Å². The Hall–Kier alpha value is -1.11. The van der Waals surface area contributed by atoms with Crippen molar-refractivity contribution < 1.29 is 4.79 Å². The monoisotopic (exact) mass is 204 g/mol. The van der Waals surface area contributed by atoms with Crippen LogP contribution in [0.3, 0.4) is 0 Å². The lowest BCUT2D eigenvalue weighted by molar-refractivity contribution is -0.125. The van der Waals surface area contributed by atoms with Crippen molar-refractivity contribution in [2.75, 3.05) is 0 Å². The summed E-state index contributed by atoms with van der Waals surface area (Å²) in [6.07, 6.45) is 0.558. The second kappa shape index (κ2) is 4.18. The summed E-state index contributed by atoms with van der Waals surface area (Å²) in [6.45, 7) is 10.1. The molecule has 0 amide bonds. The largest absolute Gasteiger partial charge is 0.299 e. The summed E-state index contributed by atoms with van der Waals surface area (Å²) in [4.78, 5) is 11.9. The minimum absolute atomic E-state index is 0.241. The van der Waals surface area contributed by atoms with Gasteiger partial charge in [-0.15, -0.1) is 0 Å². The smallest absolute Gasteiger partial charge is 0.142 e. The number of hydrogen-bond acceptors (Lipinski definition) is 1. The number of benzene rings is 1. The first kappa shape index (κ1) is 12.0. The van der Waals surface area contributed by atoms with E-state index in [0.29, 0.717) is 12.2 Å². The fraction of sp³-hybridized carbons (Fsp3) is 0.500. The van der Waals surface area contributed by atoms with Gasteiger partial charge in [0.05, 0.1) is 0 Å². The lowest BCUT2D eigenvalue weighted by Gasteiger charge is -2.18. The van der Waals surface area contributed by atoms with Gasteiger partial charge in [0.1, 0.15) is 5.78 Å². The van der Waals surface area contributed by atoms with Crippen LogP contribution < -0.4 is 0 Å². The maximum Gasteiger partial charge on any atom is 0.142 e. The molecule has 1 rings (SSSR count). The van der Waals surface area contributed by atoms with E-state index in [1.807, 2.05) is 26.8 Å². The molecule has 0 radical (unpaired) electrons. The molecule has 0 N–H and O–H groups in total. The van der Waals surface area contributed by atoms with Crippen molar-refractivity contribution in [2.45, 2.75) is 41.0 Å². The topological polar surface area (TPSA) is 17.1 Å². The fourth-order valence-electron chi connectivity index (χ4n) is 1.55. The number of aryl methyl sites for hydroxylation is 2. The summed E-state index contributed by atoms with van der Waals surface area (Å²) < 4.78 is 0. The van der Waals surface area contributed by atoms with Crippen molar-refractivity contribution in [2.24, 2.45) is 5.41 Å². The van der Waals surface area contributed by atoms with Crippen LogP contribution in [0.4, 0.5) is 0 Å². The first-order valence-corrected chi connectivity index (χ1v) is 5.41.